The summed E-state index contributed by atoms with van der Waals surface area (Å²) in [7, 11) is 0. The van der Waals surface area contributed by atoms with Crippen LogP contribution in [0.15, 0.2) is 54.6 Å². The molecular formula is C16H16F3NO. The number of alkyl halides is 3. The maximum atomic E-state index is 12.4. The first-order chi connectivity index (χ1) is 10.1. The molecule has 0 aliphatic rings. The van der Waals surface area contributed by atoms with E-state index < -0.39 is 11.7 Å². The summed E-state index contributed by atoms with van der Waals surface area (Å²) in [5.74, 6) is 0.447. The predicted octanol–water partition coefficient (Wildman–Crippen LogP) is 4.59. The molecule has 1 N–H and O–H groups in total. The fourth-order valence-electron chi connectivity index (χ4n) is 1.79. The Bertz CT molecular complexity index is 538. The van der Waals surface area contributed by atoms with Crippen LogP contribution in [0.3, 0.4) is 0 Å². The van der Waals surface area contributed by atoms with Gasteiger partial charge in [-0.1, -0.05) is 18.2 Å². The Morgan fingerprint density at radius 3 is 2.19 bits per heavy atom. The van der Waals surface area contributed by atoms with Crippen molar-refractivity contribution < 1.29 is 17.9 Å². The smallest absolute Gasteiger partial charge is 0.416 e. The number of halogens is 3. The van der Waals surface area contributed by atoms with Gasteiger partial charge in [0.2, 0.25) is 0 Å². The van der Waals surface area contributed by atoms with Crippen LogP contribution in [0.2, 0.25) is 0 Å². The lowest BCUT2D eigenvalue weighted by Gasteiger charge is -2.10. The van der Waals surface area contributed by atoms with Gasteiger partial charge in [-0.15, -0.1) is 0 Å². The van der Waals surface area contributed by atoms with E-state index in [1.54, 1.807) is 0 Å². The van der Waals surface area contributed by atoms with Gasteiger partial charge in [-0.05, 0) is 42.8 Å². The van der Waals surface area contributed by atoms with Gasteiger partial charge in [0, 0.05) is 12.2 Å². The molecule has 0 spiro atoms. The number of benzene rings is 2. The number of para-hydroxylation sites is 1. The van der Waals surface area contributed by atoms with Gasteiger partial charge in [0.15, 0.2) is 0 Å². The van der Waals surface area contributed by atoms with Gasteiger partial charge in [0.05, 0.1) is 12.2 Å². The molecule has 0 unspecified atom stereocenters. The third kappa shape index (κ3) is 5.02. The van der Waals surface area contributed by atoms with Crippen LogP contribution in [0, 0.1) is 0 Å². The van der Waals surface area contributed by atoms with Crippen LogP contribution in [0.4, 0.5) is 18.9 Å². The topological polar surface area (TPSA) is 21.3 Å². The van der Waals surface area contributed by atoms with Gasteiger partial charge in [-0.3, -0.25) is 0 Å². The standard InChI is InChI=1S/C16H16F3NO/c17-16(18,19)13-7-9-15(10-8-13)21-12-4-11-20-14-5-2-1-3-6-14/h1-3,5-10,20H,4,11-12H2. The Kier molecular flexibility index (Phi) is 5.09. The second-order valence-electron chi connectivity index (χ2n) is 4.52. The minimum atomic E-state index is -4.31. The van der Waals surface area contributed by atoms with E-state index in [0.29, 0.717) is 12.4 Å². The summed E-state index contributed by atoms with van der Waals surface area (Å²) in [6.45, 7) is 1.19. The molecule has 112 valence electrons. The molecule has 2 aromatic carbocycles. The van der Waals surface area contributed by atoms with Crippen molar-refractivity contribution in [1.29, 1.82) is 0 Å². The SMILES string of the molecule is FC(F)(F)c1ccc(OCCCNc2ccccc2)cc1. The first-order valence-electron chi connectivity index (χ1n) is 6.65. The second-order valence-corrected chi connectivity index (χ2v) is 4.52. The van der Waals surface area contributed by atoms with E-state index in [9.17, 15) is 13.2 Å². The average molecular weight is 295 g/mol. The molecule has 5 heteroatoms. The highest BCUT2D eigenvalue weighted by molar-refractivity contribution is 5.42. The maximum Gasteiger partial charge on any atom is 0.416 e. The largest absolute Gasteiger partial charge is 0.494 e. The summed E-state index contributed by atoms with van der Waals surface area (Å²) in [6, 6.07) is 14.5. The minimum Gasteiger partial charge on any atom is -0.494 e. The molecule has 0 fully saturated rings. The van der Waals surface area contributed by atoms with Crippen LogP contribution in [-0.2, 0) is 6.18 Å². The molecule has 0 heterocycles. The number of rotatable bonds is 6. The van der Waals surface area contributed by atoms with E-state index >= 15 is 0 Å². The zero-order valence-corrected chi connectivity index (χ0v) is 11.4. The molecule has 0 bridgehead atoms. The van der Waals surface area contributed by atoms with Gasteiger partial charge in [-0.2, -0.15) is 13.2 Å². The summed E-state index contributed by atoms with van der Waals surface area (Å²) < 4.78 is 42.6. The van der Waals surface area contributed by atoms with Crippen molar-refractivity contribution in [3.05, 3.63) is 60.2 Å². The van der Waals surface area contributed by atoms with Gasteiger partial charge < -0.3 is 10.1 Å². The lowest BCUT2D eigenvalue weighted by Crippen LogP contribution is -2.08. The van der Waals surface area contributed by atoms with Crippen LogP contribution in [0.25, 0.3) is 0 Å². The highest BCUT2D eigenvalue weighted by Crippen LogP contribution is 2.30. The molecule has 0 saturated heterocycles. The third-order valence-corrected chi connectivity index (χ3v) is 2.87. The van der Waals surface area contributed by atoms with Gasteiger partial charge in [0.1, 0.15) is 5.75 Å². The van der Waals surface area contributed by atoms with Crippen LogP contribution < -0.4 is 10.1 Å². The number of hydrogen-bond acceptors (Lipinski definition) is 2. The zero-order chi connectivity index (χ0) is 15.1. The van der Waals surface area contributed by atoms with E-state index in [0.717, 1.165) is 30.8 Å². The Hall–Kier alpha value is -2.17. The lowest BCUT2D eigenvalue weighted by atomic mass is 10.2. The number of hydrogen-bond donors (Lipinski definition) is 1. The molecule has 0 amide bonds. The van der Waals surface area contributed by atoms with E-state index in [-0.39, 0.29) is 0 Å². The van der Waals surface area contributed by atoms with Crippen molar-refractivity contribution in [2.24, 2.45) is 0 Å². The van der Waals surface area contributed by atoms with Crippen molar-refractivity contribution in [2.75, 3.05) is 18.5 Å². The Morgan fingerprint density at radius 2 is 1.57 bits per heavy atom. The summed E-state index contributed by atoms with van der Waals surface area (Å²) in [4.78, 5) is 0. The average Bonchev–Trinajstić information content (AvgIpc) is 2.47. The van der Waals surface area contributed by atoms with Crippen molar-refractivity contribution in [3.63, 3.8) is 0 Å². The molecule has 0 radical (unpaired) electrons. The van der Waals surface area contributed by atoms with Gasteiger partial charge in [-0.25, -0.2) is 0 Å². The molecule has 2 nitrogen and oxygen atoms in total. The molecule has 0 aromatic heterocycles. The first-order valence-corrected chi connectivity index (χ1v) is 6.65. The van der Waals surface area contributed by atoms with Crippen LogP contribution in [-0.4, -0.2) is 13.2 Å². The van der Waals surface area contributed by atoms with Crippen molar-refractivity contribution in [2.45, 2.75) is 12.6 Å². The van der Waals surface area contributed by atoms with E-state index in [1.807, 2.05) is 30.3 Å². The number of ether oxygens (including phenoxy) is 1. The number of anilines is 1. The number of nitrogens with one attached hydrogen (secondary N) is 1. The minimum absolute atomic E-state index is 0.447. The Labute approximate surface area is 121 Å². The molecule has 2 aromatic rings. The van der Waals surface area contributed by atoms with Crippen LogP contribution in [0.5, 0.6) is 5.75 Å². The highest BCUT2D eigenvalue weighted by atomic mass is 19.4. The van der Waals surface area contributed by atoms with E-state index in [2.05, 4.69) is 5.32 Å². The molecular weight excluding hydrogens is 279 g/mol. The maximum absolute atomic E-state index is 12.4. The van der Waals surface area contributed by atoms with Gasteiger partial charge in [0.25, 0.3) is 0 Å². The van der Waals surface area contributed by atoms with E-state index in [4.69, 9.17) is 4.74 Å². The third-order valence-electron chi connectivity index (χ3n) is 2.87. The summed E-state index contributed by atoms with van der Waals surface area (Å²) in [5, 5.41) is 3.23. The summed E-state index contributed by atoms with van der Waals surface area (Å²) >= 11 is 0. The van der Waals surface area contributed by atoms with Crippen LogP contribution >= 0.6 is 0 Å². The quantitative estimate of drug-likeness (QED) is 0.787. The zero-order valence-electron chi connectivity index (χ0n) is 11.4. The molecule has 0 saturated carbocycles. The molecule has 2 rings (SSSR count). The molecule has 21 heavy (non-hydrogen) atoms. The fraction of sp³-hybridized carbons (Fsp3) is 0.250. The predicted molar refractivity (Wildman–Crippen MR) is 76.5 cm³/mol. The molecule has 0 atom stereocenters. The van der Waals surface area contributed by atoms with Crippen molar-refractivity contribution >= 4 is 5.69 Å². The molecule has 0 aliphatic heterocycles. The van der Waals surface area contributed by atoms with Gasteiger partial charge >= 0.3 is 6.18 Å². The normalized spacial score (nSPS) is 11.2. The monoisotopic (exact) mass is 295 g/mol. The molecule has 0 aliphatic carbocycles. The lowest BCUT2D eigenvalue weighted by molar-refractivity contribution is -0.137. The summed E-state index contributed by atoms with van der Waals surface area (Å²) in [6.07, 6.45) is -3.55. The second kappa shape index (κ2) is 7.02. The van der Waals surface area contributed by atoms with Crippen LogP contribution in [0.1, 0.15) is 12.0 Å². The highest BCUT2D eigenvalue weighted by Gasteiger charge is 2.29. The van der Waals surface area contributed by atoms with Crippen molar-refractivity contribution in [1.82, 2.24) is 0 Å². The fourth-order valence-corrected chi connectivity index (χ4v) is 1.79. The summed E-state index contributed by atoms with van der Waals surface area (Å²) in [5.41, 5.74) is 0.368. The Balaban J connectivity index is 1.69. The van der Waals surface area contributed by atoms with Crippen molar-refractivity contribution in [3.8, 4) is 5.75 Å². The first kappa shape index (κ1) is 15.2. The van der Waals surface area contributed by atoms with E-state index in [1.165, 1.54) is 12.1 Å². The Morgan fingerprint density at radius 1 is 0.905 bits per heavy atom.